The van der Waals surface area contributed by atoms with E-state index >= 15 is 0 Å². The van der Waals surface area contributed by atoms with Gasteiger partial charge in [-0.05, 0) is 31.0 Å². The average Bonchev–Trinajstić information content (AvgIpc) is 2.38. The molecule has 0 unspecified atom stereocenters. The van der Waals surface area contributed by atoms with Crippen molar-refractivity contribution in [3.05, 3.63) is 27.7 Å². The first-order valence-electron chi connectivity index (χ1n) is 5.89. The average molecular weight is 366 g/mol. The van der Waals surface area contributed by atoms with Crippen LogP contribution < -0.4 is 4.72 Å². The number of benzene rings is 1. The lowest BCUT2D eigenvalue weighted by Crippen LogP contribution is -2.37. The Morgan fingerprint density at radius 2 is 2.05 bits per heavy atom. The van der Waals surface area contributed by atoms with Gasteiger partial charge in [-0.1, -0.05) is 22.9 Å². The molecule has 0 fully saturated rings. The fourth-order valence-electron chi connectivity index (χ4n) is 1.57. The highest BCUT2D eigenvalue weighted by molar-refractivity contribution is 9.10. The van der Waals surface area contributed by atoms with Crippen LogP contribution in [0.4, 0.5) is 0 Å². The molecule has 0 amide bonds. The first kappa shape index (κ1) is 17.1. The molecular formula is C12H16BrNO5S. The summed E-state index contributed by atoms with van der Waals surface area (Å²) in [5.41, 5.74) is 0.363. The lowest BCUT2D eigenvalue weighted by molar-refractivity contribution is 0.0695. The number of halogens is 1. The topological polar surface area (TPSA) is 104 Å². The van der Waals surface area contributed by atoms with E-state index in [1.807, 2.05) is 0 Å². The van der Waals surface area contributed by atoms with Gasteiger partial charge in [0.2, 0.25) is 10.0 Å². The molecule has 0 aliphatic rings. The lowest BCUT2D eigenvalue weighted by Gasteiger charge is -2.15. The van der Waals surface area contributed by atoms with Gasteiger partial charge in [-0.2, -0.15) is 0 Å². The van der Waals surface area contributed by atoms with E-state index in [9.17, 15) is 13.2 Å². The third-order valence-electron chi connectivity index (χ3n) is 2.89. The highest BCUT2D eigenvalue weighted by Gasteiger charge is 2.22. The Hall–Kier alpha value is -0.960. The van der Waals surface area contributed by atoms with Crippen LogP contribution in [0.1, 0.15) is 29.3 Å². The largest absolute Gasteiger partial charge is 0.478 e. The summed E-state index contributed by atoms with van der Waals surface area (Å²) >= 11 is 3.15. The molecule has 0 spiro atoms. The maximum atomic E-state index is 12.2. The molecule has 0 bridgehead atoms. The predicted octanol–water partition coefficient (Wildman–Crippen LogP) is 1.50. The van der Waals surface area contributed by atoms with Gasteiger partial charge < -0.3 is 10.2 Å². The Balaban J connectivity index is 3.29. The van der Waals surface area contributed by atoms with E-state index < -0.39 is 22.0 Å². The molecule has 20 heavy (non-hydrogen) atoms. The summed E-state index contributed by atoms with van der Waals surface area (Å²) in [6.07, 6.45) is 0.425. The predicted molar refractivity (Wildman–Crippen MR) is 77.3 cm³/mol. The summed E-state index contributed by atoms with van der Waals surface area (Å²) in [6.45, 7) is 2.99. The van der Waals surface area contributed by atoms with E-state index in [4.69, 9.17) is 10.2 Å². The van der Waals surface area contributed by atoms with Gasteiger partial charge >= 0.3 is 5.97 Å². The van der Waals surface area contributed by atoms with Gasteiger partial charge in [0.25, 0.3) is 0 Å². The molecule has 6 nitrogen and oxygen atoms in total. The second-order valence-electron chi connectivity index (χ2n) is 4.29. The molecule has 3 N–H and O–H groups in total. The molecule has 1 aromatic carbocycles. The summed E-state index contributed by atoms with van der Waals surface area (Å²) in [5.74, 6) is -1.20. The second-order valence-corrected chi connectivity index (χ2v) is 6.86. The molecule has 0 aromatic heterocycles. The van der Waals surface area contributed by atoms with Crippen LogP contribution in [0.15, 0.2) is 21.5 Å². The monoisotopic (exact) mass is 365 g/mol. The molecular weight excluding hydrogens is 350 g/mol. The van der Waals surface area contributed by atoms with E-state index in [1.165, 1.54) is 6.07 Å². The molecule has 0 saturated carbocycles. The number of carboxylic acid groups (broad SMARTS) is 1. The van der Waals surface area contributed by atoms with E-state index in [2.05, 4.69) is 20.7 Å². The van der Waals surface area contributed by atoms with Gasteiger partial charge in [0, 0.05) is 10.5 Å². The smallest absolute Gasteiger partial charge is 0.336 e. The molecule has 0 radical (unpaired) electrons. The van der Waals surface area contributed by atoms with Crippen molar-refractivity contribution in [3.8, 4) is 0 Å². The Morgan fingerprint density at radius 3 is 2.50 bits per heavy atom. The maximum Gasteiger partial charge on any atom is 0.336 e. The second kappa shape index (κ2) is 6.66. The molecule has 112 valence electrons. The third kappa shape index (κ3) is 3.78. The summed E-state index contributed by atoms with van der Waals surface area (Å²) in [7, 11) is -3.88. The standard InChI is InChI=1S/C12H16BrNO5S/c1-3-8(6-15)14-20(18,19)9-4-10(12(16)17)7(2)11(13)5-9/h4-5,8,14-15H,3,6H2,1-2H3,(H,16,17)/t8-/m0/s1. The van der Waals surface area contributed by atoms with Gasteiger partial charge in [0.15, 0.2) is 0 Å². The summed E-state index contributed by atoms with van der Waals surface area (Å²) in [6, 6.07) is 1.84. The van der Waals surface area contributed by atoms with Crippen LogP contribution >= 0.6 is 15.9 Å². The van der Waals surface area contributed by atoms with Crippen LogP contribution in [0.2, 0.25) is 0 Å². The van der Waals surface area contributed by atoms with Crippen molar-refractivity contribution in [1.82, 2.24) is 4.72 Å². The number of aliphatic hydroxyl groups is 1. The highest BCUT2D eigenvalue weighted by Crippen LogP contribution is 2.25. The Morgan fingerprint density at radius 1 is 1.45 bits per heavy atom. The minimum absolute atomic E-state index is 0.0863. The number of rotatable bonds is 6. The van der Waals surface area contributed by atoms with E-state index in [0.717, 1.165) is 6.07 Å². The SMILES string of the molecule is CC[C@@H](CO)NS(=O)(=O)c1cc(Br)c(C)c(C(=O)O)c1. The van der Waals surface area contributed by atoms with Crippen LogP contribution in [0.25, 0.3) is 0 Å². The number of sulfonamides is 1. The molecule has 0 aliphatic heterocycles. The fourth-order valence-corrected chi connectivity index (χ4v) is 3.54. The van der Waals surface area contributed by atoms with Crippen LogP contribution in [0.5, 0.6) is 0 Å². The van der Waals surface area contributed by atoms with Crippen molar-refractivity contribution in [3.63, 3.8) is 0 Å². The third-order valence-corrected chi connectivity index (χ3v) is 5.22. The molecule has 1 atom stereocenters. The molecule has 0 saturated heterocycles. The normalized spacial score (nSPS) is 13.2. The fraction of sp³-hybridized carbons (Fsp3) is 0.417. The van der Waals surface area contributed by atoms with Crippen LogP contribution in [0, 0.1) is 6.92 Å². The number of carbonyl (C=O) groups is 1. The molecule has 8 heteroatoms. The molecule has 1 aromatic rings. The van der Waals surface area contributed by atoms with Crippen molar-refractivity contribution in [1.29, 1.82) is 0 Å². The zero-order chi connectivity index (χ0) is 15.5. The lowest BCUT2D eigenvalue weighted by atomic mass is 10.1. The van der Waals surface area contributed by atoms with Crippen molar-refractivity contribution in [2.45, 2.75) is 31.2 Å². The number of carboxylic acids is 1. The number of nitrogens with one attached hydrogen (secondary N) is 1. The van der Waals surface area contributed by atoms with Crippen molar-refractivity contribution >= 4 is 31.9 Å². The Kier molecular flexibility index (Phi) is 5.69. The van der Waals surface area contributed by atoms with Gasteiger partial charge in [-0.25, -0.2) is 17.9 Å². The number of aliphatic hydroxyl groups excluding tert-OH is 1. The zero-order valence-corrected chi connectivity index (χ0v) is 13.5. The van der Waals surface area contributed by atoms with Gasteiger partial charge in [-0.15, -0.1) is 0 Å². The summed E-state index contributed by atoms with van der Waals surface area (Å²) in [5, 5.41) is 18.1. The first-order valence-corrected chi connectivity index (χ1v) is 8.17. The van der Waals surface area contributed by atoms with E-state index in [0.29, 0.717) is 16.5 Å². The summed E-state index contributed by atoms with van der Waals surface area (Å²) in [4.78, 5) is 11.0. The van der Waals surface area contributed by atoms with Gasteiger partial charge in [-0.3, -0.25) is 0 Å². The minimum Gasteiger partial charge on any atom is -0.478 e. The van der Waals surface area contributed by atoms with Crippen molar-refractivity contribution in [2.24, 2.45) is 0 Å². The molecule has 1 rings (SSSR count). The number of hydrogen-bond donors (Lipinski definition) is 3. The number of hydrogen-bond acceptors (Lipinski definition) is 4. The zero-order valence-electron chi connectivity index (χ0n) is 11.1. The van der Waals surface area contributed by atoms with Crippen LogP contribution in [0.3, 0.4) is 0 Å². The van der Waals surface area contributed by atoms with E-state index in [1.54, 1.807) is 13.8 Å². The van der Waals surface area contributed by atoms with Crippen LogP contribution in [-0.4, -0.2) is 37.2 Å². The molecule has 0 aliphatic carbocycles. The van der Waals surface area contributed by atoms with Crippen molar-refractivity contribution < 1.29 is 23.4 Å². The van der Waals surface area contributed by atoms with Crippen molar-refractivity contribution in [2.75, 3.05) is 6.61 Å². The first-order chi connectivity index (χ1) is 9.22. The Bertz CT molecular complexity index is 611. The maximum absolute atomic E-state index is 12.2. The minimum atomic E-state index is -3.88. The highest BCUT2D eigenvalue weighted by atomic mass is 79.9. The van der Waals surface area contributed by atoms with E-state index in [-0.39, 0.29) is 17.1 Å². The van der Waals surface area contributed by atoms with Gasteiger partial charge in [0.05, 0.1) is 17.1 Å². The summed E-state index contributed by atoms with van der Waals surface area (Å²) < 4.78 is 27.1. The quantitative estimate of drug-likeness (QED) is 0.708. The van der Waals surface area contributed by atoms with Crippen LogP contribution in [-0.2, 0) is 10.0 Å². The molecule has 0 heterocycles. The number of aromatic carboxylic acids is 1. The Labute approximate surface area is 126 Å². The van der Waals surface area contributed by atoms with Gasteiger partial charge in [0.1, 0.15) is 0 Å².